The van der Waals surface area contributed by atoms with Crippen LogP contribution in [0.15, 0.2) is 35.5 Å². The van der Waals surface area contributed by atoms with Crippen molar-refractivity contribution >= 4 is 5.78 Å². The lowest BCUT2D eigenvalue weighted by molar-refractivity contribution is -0.113. The molecule has 1 unspecified atom stereocenters. The largest absolute Gasteiger partial charge is 0.295 e. The molecule has 3 heteroatoms. The van der Waals surface area contributed by atoms with E-state index < -0.39 is 6.43 Å². The van der Waals surface area contributed by atoms with Crippen LogP contribution in [-0.2, 0) is 4.79 Å². The number of rotatable bonds is 2. The molecule has 1 aliphatic rings. The molecule has 1 atom stereocenters. The summed E-state index contributed by atoms with van der Waals surface area (Å²) < 4.78 is 25.2. The maximum Gasteiger partial charge on any atom is 0.260 e. The standard InChI is InChI=1S/C12H14F2O/c1-8-4-3-5-10(9(2)15)6-7-11(8)12(13)14/h3,5-8,12H,4H2,1-2H3/b5-3?,10-6?,11-7+. The third-order valence-electron chi connectivity index (χ3n) is 2.47. The molecular formula is C12H14F2O. The molecule has 0 radical (unpaired) electrons. The first kappa shape index (κ1) is 11.8. The monoisotopic (exact) mass is 212 g/mol. The van der Waals surface area contributed by atoms with Crippen molar-refractivity contribution in [1.82, 2.24) is 0 Å². The van der Waals surface area contributed by atoms with Crippen molar-refractivity contribution in [2.24, 2.45) is 5.92 Å². The van der Waals surface area contributed by atoms with Crippen LogP contribution in [0.3, 0.4) is 0 Å². The molecule has 1 nitrogen and oxygen atoms in total. The van der Waals surface area contributed by atoms with Crippen molar-refractivity contribution in [3.63, 3.8) is 0 Å². The van der Waals surface area contributed by atoms with Crippen LogP contribution in [-0.4, -0.2) is 12.2 Å². The molecule has 0 aliphatic heterocycles. The SMILES string of the molecule is CC(=O)C1=C/C=C(/C(F)F)C(C)CC=C1. The molecule has 0 amide bonds. The Labute approximate surface area is 88.2 Å². The lowest BCUT2D eigenvalue weighted by atomic mass is 9.94. The van der Waals surface area contributed by atoms with E-state index in [1.807, 2.05) is 0 Å². The van der Waals surface area contributed by atoms with E-state index in [2.05, 4.69) is 0 Å². The van der Waals surface area contributed by atoms with Gasteiger partial charge in [0.2, 0.25) is 0 Å². The Morgan fingerprint density at radius 1 is 1.47 bits per heavy atom. The Morgan fingerprint density at radius 3 is 2.67 bits per heavy atom. The fourth-order valence-corrected chi connectivity index (χ4v) is 1.46. The second kappa shape index (κ2) is 5.01. The number of ketones is 1. The van der Waals surface area contributed by atoms with Gasteiger partial charge in [0.15, 0.2) is 5.78 Å². The van der Waals surface area contributed by atoms with Crippen molar-refractivity contribution in [2.45, 2.75) is 26.7 Å². The van der Waals surface area contributed by atoms with E-state index >= 15 is 0 Å². The number of Topliss-reactive ketones (excluding diaryl/α,β-unsaturated/α-hetero) is 1. The van der Waals surface area contributed by atoms with E-state index in [0.29, 0.717) is 12.0 Å². The van der Waals surface area contributed by atoms with Gasteiger partial charge in [0.05, 0.1) is 0 Å². The Morgan fingerprint density at radius 2 is 2.13 bits per heavy atom. The van der Waals surface area contributed by atoms with Crippen molar-refractivity contribution in [1.29, 1.82) is 0 Å². The number of allylic oxidation sites excluding steroid dienone is 6. The number of hydrogen-bond acceptors (Lipinski definition) is 1. The van der Waals surface area contributed by atoms with Gasteiger partial charge >= 0.3 is 0 Å². The first-order valence-electron chi connectivity index (χ1n) is 4.89. The molecular weight excluding hydrogens is 198 g/mol. The maximum atomic E-state index is 12.6. The van der Waals surface area contributed by atoms with Crippen molar-refractivity contribution in [3.8, 4) is 0 Å². The number of hydrogen-bond donors (Lipinski definition) is 0. The summed E-state index contributed by atoms with van der Waals surface area (Å²) in [5.74, 6) is -0.281. The minimum Gasteiger partial charge on any atom is -0.295 e. The summed E-state index contributed by atoms with van der Waals surface area (Å²) in [5.41, 5.74) is 0.568. The van der Waals surface area contributed by atoms with E-state index in [4.69, 9.17) is 0 Å². The molecule has 0 spiro atoms. The zero-order valence-electron chi connectivity index (χ0n) is 8.84. The van der Waals surface area contributed by atoms with E-state index in [0.717, 1.165) is 0 Å². The van der Waals surface area contributed by atoms with Crippen LogP contribution in [0.4, 0.5) is 8.78 Å². The molecule has 0 bridgehead atoms. The lowest BCUT2D eigenvalue weighted by Crippen LogP contribution is -2.08. The Balaban J connectivity index is 3.03. The summed E-state index contributed by atoms with van der Waals surface area (Å²) in [6, 6.07) is 0. The second-order valence-corrected chi connectivity index (χ2v) is 3.68. The van der Waals surface area contributed by atoms with Crippen LogP contribution in [0, 0.1) is 5.92 Å². The van der Waals surface area contributed by atoms with Gasteiger partial charge < -0.3 is 0 Å². The fraction of sp³-hybridized carbons (Fsp3) is 0.417. The molecule has 0 aromatic heterocycles. The van der Waals surface area contributed by atoms with Crippen LogP contribution >= 0.6 is 0 Å². The normalized spacial score (nSPS) is 25.3. The van der Waals surface area contributed by atoms with Crippen LogP contribution in [0.25, 0.3) is 0 Å². The Kier molecular flexibility index (Phi) is 3.95. The van der Waals surface area contributed by atoms with Gasteiger partial charge in [-0.25, -0.2) is 8.78 Å². The van der Waals surface area contributed by atoms with E-state index in [1.165, 1.54) is 19.1 Å². The summed E-state index contributed by atoms with van der Waals surface area (Å²) in [6.45, 7) is 3.19. The minimum atomic E-state index is -2.45. The number of carbonyl (C=O) groups is 1. The van der Waals surface area contributed by atoms with Crippen molar-refractivity contribution in [3.05, 3.63) is 35.5 Å². The van der Waals surface area contributed by atoms with Gasteiger partial charge in [-0.05, 0) is 24.8 Å². The van der Waals surface area contributed by atoms with Crippen LogP contribution in [0.5, 0.6) is 0 Å². The summed E-state index contributed by atoms with van der Waals surface area (Å²) in [5, 5.41) is 0. The molecule has 1 aliphatic carbocycles. The number of carbonyl (C=O) groups excluding carboxylic acids is 1. The third-order valence-corrected chi connectivity index (χ3v) is 2.47. The van der Waals surface area contributed by atoms with Gasteiger partial charge in [-0.1, -0.05) is 31.2 Å². The Bertz CT molecular complexity index is 338. The van der Waals surface area contributed by atoms with Gasteiger partial charge in [0.1, 0.15) is 0 Å². The zero-order valence-corrected chi connectivity index (χ0v) is 8.84. The molecule has 0 saturated heterocycles. The van der Waals surface area contributed by atoms with Gasteiger partial charge in [0, 0.05) is 5.57 Å². The summed E-state index contributed by atoms with van der Waals surface area (Å²) in [6.07, 6.45) is 4.40. The molecule has 0 saturated carbocycles. The van der Waals surface area contributed by atoms with Crippen molar-refractivity contribution < 1.29 is 13.6 Å². The van der Waals surface area contributed by atoms with Gasteiger partial charge in [0.25, 0.3) is 6.43 Å². The highest BCUT2D eigenvalue weighted by Crippen LogP contribution is 2.24. The summed E-state index contributed by atoms with van der Waals surface area (Å²) >= 11 is 0. The molecule has 0 aromatic rings. The second-order valence-electron chi connectivity index (χ2n) is 3.68. The number of halogens is 2. The average Bonchev–Trinajstić information content (AvgIpc) is 2.10. The summed E-state index contributed by atoms with van der Waals surface area (Å²) in [7, 11) is 0. The highest BCUT2D eigenvalue weighted by atomic mass is 19.3. The third kappa shape index (κ3) is 3.11. The van der Waals surface area contributed by atoms with E-state index in [9.17, 15) is 13.6 Å². The molecule has 82 valence electrons. The molecule has 0 N–H and O–H groups in total. The smallest absolute Gasteiger partial charge is 0.260 e. The first-order chi connectivity index (χ1) is 7.02. The highest BCUT2D eigenvalue weighted by molar-refractivity contribution is 5.96. The maximum absolute atomic E-state index is 12.6. The minimum absolute atomic E-state index is 0.0955. The predicted molar refractivity (Wildman–Crippen MR) is 55.8 cm³/mol. The first-order valence-corrected chi connectivity index (χ1v) is 4.89. The molecule has 0 aromatic carbocycles. The number of alkyl halides is 2. The molecule has 0 fully saturated rings. The van der Waals surface area contributed by atoms with E-state index in [-0.39, 0.29) is 17.3 Å². The quantitative estimate of drug-likeness (QED) is 0.686. The molecule has 15 heavy (non-hydrogen) atoms. The molecule has 1 rings (SSSR count). The highest BCUT2D eigenvalue weighted by Gasteiger charge is 2.17. The lowest BCUT2D eigenvalue weighted by Gasteiger charge is -2.14. The zero-order chi connectivity index (χ0) is 11.4. The van der Waals surface area contributed by atoms with Crippen molar-refractivity contribution in [2.75, 3.05) is 0 Å². The van der Waals surface area contributed by atoms with Gasteiger partial charge in [-0.2, -0.15) is 0 Å². The summed E-state index contributed by atoms with van der Waals surface area (Å²) in [4.78, 5) is 11.1. The van der Waals surface area contributed by atoms with Crippen LogP contribution < -0.4 is 0 Å². The topological polar surface area (TPSA) is 17.1 Å². The molecule has 0 heterocycles. The van der Waals surface area contributed by atoms with Gasteiger partial charge in [-0.15, -0.1) is 0 Å². The Hall–Kier alpha value is -1.25. The van der Waals surface area contributed by atoms with Crippen LogP contribution in [0.2, 0.25) is 0 Å². The van der Waals surface area contributed by atoms with E-state index in [1.54, 1.807) is 19.1 Å². The average molecular weight is 212 g/mol. The van der Waals surface area contributed by atoms with Gasteiger partial charge in [-0.3, -0.25) is 4.79 Å². The van der Waals surface area contributed by atoms with Crippen LogP contribution in [0.1, 0.15) is 20.3 Å². The fourth-order valence-electron chi connectivity index (χ4n) is 1.46. The predicted octanol–water partition coefficient (Wildman–Crippen LogP) is 3.29.